The summed E-state index contributed by atoms with van der Waals surface area (Å²) in [6.07, 6.45) is 5.19. The second kappa shape index (κ2) is 10.6. The molecule has 3 aliphatic rings. The molecule has 0 aromatic heterocycles. The van der Waals surface area contributed by atoms with Crippen LogP contribution in [0.5, 0.6) is 0 Å². The van der Waals surface area contributed by atoms with E-state index in [0.717, 1.165) is 56.8 Å². The molecule has 2 aromatic carbocycles. The molecule has 0 spiro atoms. The van der Waals surface area contributed by atoms with Crippen LogP contribution in [0.4, 0.5) is 5.69 Å². The van der Waals surface area contributed by atoms with E-state index in [4.69, 9.17) is 4.99 Å². The van der Waals surface area contributed by atoms with Gasteiger partial charge in [-0.2, -0.15) is 0 Å². The summed E-state index contributed by atoms with van der Waals surface area (Å²) >= 11 is 1.43. The molecule has 176 valence electrons. The Hall–Kier alpha value is -2.90. The summed E-state index contributed by atoms with van der Waals surface area (Å²) in [5, 5.41) is 3.66. The lowest BCUT2D eigenvalue weighted by molar-refractivity contribution is -0.119. The molecule has 0 saturated carbocycles. The van der Waals surface area contributed by atoms with Gasteiger partial charge < -0.3 is 10.2 Å². The average molecular weight is 475 g/mol. The highest BCUT2D eigenvalue weighted by molar-refractivity contribution is 8.18. The van der Waals surface area contributed by atoms with Gasteiger partial charge in [0, 0.05) is 51.3 Å². The third kappa shape index (κ3) is 5.77. The van der Waals surface area contributed by atoms with E-state index in [1.54, 1.807) is 0 Å². The first-order valence-corrected chi connectivity index (χ1v) is 12.9. The van der Waals surface area contributed by atoms with Gasteiger partial charge >= 0.3 is 0 Å². The number of hydrogen-bond donors (Lipinski definition) is 1. The lowest BCUT2D eigenvalue weighted by atomic mass is 10.0. The largest absolute Gasteiger partial charge is 0.371 e. The number of carbonyl (C=O) groups excluding carboxylic acids is 2. The first-order chi connectivity index (χ1) is 16.6. The first kappa shape index (κ1) is 22.9. The minimum Gasteiger partial charge on any atom is -0.371 e. The number of benzene rings is 2. The molecule has 0 unspecified atom stereocenters. The normalized spacial score (nSPS) is 22.5. The highest BCUT2D eigenvalue weighted by Crippen LogP contribution is 2.28. The minimum absolute atomic E-state index is 0.0797. The van der Waals surface area contributed by atoms with E-state index in [1.807, 2.05) is 18.2 Å². The number of likely N-dealkylation sites (tertiary alicyclic amines) is 1. The van der Waals surface area contributed by atoms with Crippen molar-refractivity contribution in [2.24, 2.45) is 4.99 Å². The number of carbonyl (C=O) groups is 2. The van der Waals surface area contributed by atoms with E-state index in [9.17, 15) is 9.59 Å². The molecule has 1 amide bonds. The zero-order chi connectivity index (χ0) is 23.3. The summed E-state index contributed by atoms with van der Waals surface area (Å²) < 4.78 is 0. The van der Waals surface area contributed by atoms with Crippen LogP contribution in [-0.4, -0.2) is 54.0 Å². The van der Waals surface area contributed by atoms with Crippen LogP contribution in [0.1, 0.15) is 36.8 Å². The Kier molecular flexibility index (Phi) is 7.11. The molecule has 7 heteroatoms. The third-order valence-electron chi connectivity index (χ3n) is 6.63. The summed E-state index contributed by atoms with van der Waals surface area (Å²) in [6, 6.07) is 19.0. The van der Waals surface area contributed by atoms with Crippen LogP contribution in [0.2, 0.25) is 0 Å². The van der Waals surface area contributed by atoms with E-state index < -0.39 is 0 Å². The Labute approximate surface area is 205 Å². The van der Waals surface area contributed by atoms with Crippen molar-refractivity contribution < 1.29 is 9.59 Å². The van der Waals surface area contributed by atoms with Crippen molar-refractivity contribution in [3.8, 4) is 0 Å². The SMILES string of the molecule is O=C1CCN(c2ccc(/C=C3\SC(=NC4CCN(Cc5ccccc5)CC4)NC3=O)cc2)CC1. The predicted octanol–water partition coefficient (Wildman–Crippen LogP) is 4.08. The topological polar surface area (TPSA) is 65.0 Å². The maximum Gasteiger partial charge on any atom is 0.264 e. The summed E-state index contributed by atoms with van der Waals surface area (Å²) in [5.74, 6) is 0.265. The third-order valence-corrected chi connectivity index (χ3v) is 7.56. The Balaban J connectivity index is 1.15. The standard InChI is InChI=1S/C27H30N4O2S/c32-24-12-16-31(17-13-24)23-8-6-20(7-9-23)18-25-26(33)29-27(34-25)28-22-10-14-30(15-11-22)19-21-4-2-1-3-5-21/h1-9,18,22H,10-17,19H2,(H,28,29,33)/b25-18-. The number of amidine groups is 1. The number of aliphatic imine (C=N–C) groups is 1. The lowest BCUT2D eigenvalue weighted by Crippen LogP contribution is -2.35. The molecule has 1 N–H and O–H groups in total. The lowest BCUT2D eigenvalue weighted by Gasteiger charge is -2.30. The summed E-state index contributed by atoms with van der Waals surface area (Å²) in [4.78, 5) is 34.2. The number of rotatable bonds is 5. The van der Waals surface area contributed by atoms with Crippen molar-refractivity contribution in [1.82, 2.24) is 10.2 Å². The van der Waals surface area contributed by atoms with Gasteiger partial charge in [-0.25, -0.2) is 0 Å². The van der Waals surface area contributed by atoms with Gasteiger partial charge in [0.05, 0.1) is 10.9 Å². The van der Waals surface area contributed by atoms with Crippen LogP contribution < -0.4 is 10.2 Å². The van der Waals surface area contributed by atoms with Crippen molar-refractivity contribution in [3.05, 3.63) is 70.6 Å². The molecule has 6 nitrogen and oxygen atoms in total. The van der Waals surface area contributed by atoms with E-state index in [0.29, 0.717) is 28.7 Å². The molecule has 0 bridgehead atoms. The highest BCUT2D eigenvalue weighted by atomic mass is 32.2. The van der Waals surface area contributed by atoms with Crippen LogP contribution in [0, 0.1) is 0 Å². The van der Waals surface area contributed by atoms with E-state index in [2.05, 4.69) is 57.6 Å². The van der Waals surface area contributed by atoms with E-state index >= 15 is 0 Å². The summed E-state index contributed by atoms with van der Waals surface area (Å²) in [5.41, 5.74) is 3.46. The van der Waals surface area contributed by atoms with Gasteiger partial charge in [-0.05, 0) is 53.9 Å². The quantitative estimate of drug-likeness (QED) is 0.662. The van der Waals surface area contributed by atoms with Crippen LogP contribution >= 0.6 is 11.8 Å². The molecule has 3 heterocycles. The molecular formula is C27H30N4O2S. The molecule has 3 fully saturated rings. The maximum atomic E-state index is 12.5. The van der Waals surface area contributed by atoms with Crippen molar-refractivity contribution in [2.45, 2.75) is 38.3 Å². The van der Waals surface area contributed by atoms with E-state index in [-0.39, 0.29) is 11.9 Å². The summed E-state index contributed by atoms with van der Waals surface area (Å²) in [6.45, 7) is 4.59. The van der Waals surface area contributed by atoms with Crippen LogP contribution in [0.15, 0.2) is 64.5 Å². The predicted molar refractivity (Wildman–Crippen MR) is 139 cm³/mol. The maximum absolute atomic E-state index is 12.5. The number of thioether (sulfide) groups is 1. The first-order valence-electron chi connectivity index (χ1n) is 12.0. The van der Waals surface area contributed by atoms with Crippen LogP contribution in [-0.2, 0) is 16.1 Å². The van der Waals surface area contributed by atoms with Gasteiger partial charge in [-0.15, -0.1) is 0 Å². The monoisotopic (exact) mass is 474 g/mol. The Morgan fingerprint density at radius 1 is 0.941 bits per heavy atom. The smallest absolute Gasteiger partial charge is 0.264 e. The van der Waals surface area contributed by atoms with Crippen molar-refractivity contribution >= 4 is 40.4 Å². The van der Waals surface area contributed by atoms with Gasteiger partial charge in [0.15, 0.2) is 5.17 Å². The Morgan fingerprint density at radius 2 is 1.65 bits per heavy atom. The molecule has 0 radical (unpaired) electrons. The fraction of sp³-hybridized carbons (Fsp3) is 0.370. The second-order valence-electron chi connectivity index (χ2n) is 9.11. The average Bonchev–Trinajstić information content (AvgIpc) is 3.20. The van der Waals surface area contributed by atoms with Gasteiger partial charge in [-0.1, -0.05) is 42.5 Å². The molecule has 34 heavy (non-hydrogen) atoms. The van der Waals surface area contributed by atoms with Gasteiger partial charge in [0.1, 0.15) is 5.78 Å². The molecular weight excluding hydrogens is 444 g/mol. The number of piperidine rings is 2. The number of anilines is 1. The Morgan fingerprint density at radius 3 is 2.35 bits per heavy atom. The second-order valence-corrected chi connectivity index (χ2v) is 10.1. The molecule has 5 rings (SSSR count). The summed E-state index contributed by atoms with van der Waals surface area (Å²) in [7, 11) is 0. The minimum atomic E-state index is -0.0797. The number of nitrogens with zero attached hydrogens (tertiary/aromatic N) is 3. The number of hydrogen-bond acceptors (Lipinski definition) is 6. The van der Waals surface area contributed by atoms with Crippen molar-refractivity contribution in [2.75, 3.05) is 31.1 Å². The van der Waals surface area contributed by atoms with Crippen molar-refractivity contribution in [3.63, 3.8) is 0 Å². The van der Waals surface area contributed by atoms with Crippen LogP contribution in [0.3, 0.4) is 0 Å². The molecule has 3 aliphatic heterocycles. The molecule has 0 atom stereocenters. The Bertz CT molecular complexity index is 1080. The molecule has 2 aromatic rings. The van der Waals surface area contributed by atoms with Gasteiger partial charge in [-0.3, -0.25) is 19.5 Å². The number of ketones is 1. The van der Waals surface area contributed by atoms with Gasteiger partial charge in [0.2, 0.25) is 0 Å². The fourth-order valence-corrected chi connectivity index (χ4v) is 5.54. The zero-order valence-corrected chi connectivity index (χ0v) is 20.1. The highest BCUT2D eigenvalue weighted by Gasteiger charge is 2.26. The molecule has 0 aliphatic carbocycles. The molecule has 3 saturated heterocycles. The van der Waals surface area contributed by atoms with Crippen molar-refractivity contribution in [1.29, 1.82) is 0 Å². The van der Waals surface area contributed by atoms with Gasteiger partial charge in [0.25, 0.3) is 5.91 Å². The van der Waals surface area contributed by atoms with E-state index in [1.165, 1.54) is 17.3 Å². The number of nitrogens with one attached hydrogen (secondary N) is 1. The number of amides is 1. The zero-order valence-electron chi connectivity index (χ0n) is 19.3. The number of Topliss-reactive ketones (excluding diaryl/α,β-unsaturated/α-hetero) is 1. The fourth-order valence-electron chi connectivity index (χ4n) is 4.65. The van der Waals surface area contributed by atoms with Crippen LogP contribution in [0.25, 0.3) is 6.08 Å².